The van der Waals surface area contributed by atoms with Crippen molar-refractivity contribution in [3.05, 3.63) is 37.7 Å². The minimum atomic E-state index is -1.20. The van der Waals surface area contributed by atoms with E-state index >= 15 is 0 Å². The smallest absolute Gasteiger partial charge is 0.341 e. The first-order valence-electron chi connectivity index (χ1n) is 8.34. The Morgan fingerprint density at radius 3 is 2.42 bits per heavy atom. The summed E-state index contributed by atoms with van der Waals surface area (Å²) in [5, 5.41) is 13.2. The Kier molecular flexibility index (Phi) is 7.01. The lowest BCUT2D eigenvalue weighted by Gasteiger charge is -2.18. The van der Waals surface area contributed by atoms with Gasteiger partial charge in [0.1, 0.15) is 5.56 Å². The number of pyridine rings is 1. The highest BCUT2D eigenvalue weighted by atomic mass is 127. The number of hydrogen-bond acceptors (Lipinski definition) is 5. The largest absolute Gasteiger partial charge is 0.477 e. The molecule has 142 valence electrons. The summed E-state index contributed by atoms with van der Waals surface area (Å²) in [7, 11) is 7.94. The van der Waals surface area contributed by atoms with E-state index in [0.29, 0.717) is 11.9 Å². The summed E-state index contributed by atoms with van der Waals surface area (Å²) in [5.41, 5.74) is 1.06. The molecule has 2 rings (SSSR count). The predicted octanol–water partition coefficient (Wildman–Crippen LogP) is 1.84. The zero-order valence-electron chi connectivity index (χ0n) is 15.5. The van der Waals surface area contributed by atoms with Gasteiger partial charge in [-0.1, -0.05) is 0 Å². The Morgan fingerprint density at radius 2 is 1.85 bits per heavy atom. The third-order valence-corrected chi connectivity index (χ3v) is 4.95. The molecular weight excluding hydrogens is 447 g/mol. The molecule has 0 aliphatic rings. The summed E-state index contributed by atoms with van der Waals surface area (Å²) in [6.07, 6.45) is 1.45. The van der Waals surface area contributed by atoms with Crippen molar-refractivity contribution in [2.75, 3.05) is 53.1 Å². The number of aromatic carboxylic acids is 1. The van der Waals surface area contributed by atoms with Crippen molar-refractivity contribution in [2.24, 2.45) is 0 Å². The molecule has 0 saturated heterocycles. The lowest BCUT2D eigenvalue weighted by atomic mass is 10.1. The third-order valence-electron chi connectivity index (χ3n) is 4.06. The molecule has 0 unspecified atom stereocenters. The molecule has 0 spiro atoms. The first kappa shape index (κ1) is 20.7. The Labute approximate surface area is 166 Å². The van der Waals surface area contributed by atoms with Gasteiger partial charge in [-0.3, -0.25) is 4.79 Å². The maximum absolute atomic E-state index is 12.6. The number of nitrogens with zero attached hydrogens (tertiary/aromatic N) is 3. The fourth-order valence-electron chi connectivity index (χ4n) is 2.61. The lowest BCUT2D eigenvalue weighted by Crippen LogP contribution is -2.24. The van der Waals surface area contributed by atoms with Crippen LogP contribution in [0.3, 0.4) is 0 Å². The van der Waals surface area contributed by atoms with E-state index in [9.17, 15) is 14.7 Å². The molecule has 1 aromatic heterocycles. The Hall–Kier alpha value is -1.65. The quantitative estimate of drug-likeness (QED) is 0.572. The molecule has 1 heterocycles. The number of likely N-dealkylation sites (N-methyl/N-ethyl adjacent to an activating group) is 2. The van der Waals surface area contributed by atoms with Crippen molar-refractivity contribution in [1.29, 1.82) is 0 Å². The summed E-state index contributed by atoms with van der Waals surface area (Å²) >= 11 is 2.18. The topological polar surface area (TPSA) is 77.8 Å². The molecule has 0 atom stereocenters. The van der Waals surface area contributed by atoms with Crippen molar-refractivity contribution >= 4 is 45.2 Å². The van der Waals surface area contributed by atoms with Gasteiger partial charge >= 0.3 is 5.97 Å². The number of benzene rings is 1. The molecule has 8 heteroatoms. The van der Waals surface area contributed by atoms with Crippen molar-refractivity contribution < 1.29 is 9.90 Å². The van der Waals surface area contributed by atoms with Crippen LogP contribution in [-0.2, 0) is 6.54 Å². The average molecular weight is 472 g/mol. The van der Waals surface area contributed by atoms with Crippen LogP contribution >= 0.6 is 22.6 Å². The number of carbonyl (C=O) groups is 1. The number of fused-ring (bicyclic) bond motifs is 1. The zero-order chi connectivity index (χ0) is 19.4. The van der Waals surface area contributed by atoms with Crippen LogP contribution in [0, 0.1) is 3.57 Å². The van der Waals surface area contributed by atoms with Crippen molar-refractivity contribution in [3.8, 4) is 0 Å². The number of halogens is 1. The van der Waals surface area contributed by atoms with Crippen LogP contribution in [-0.4, -0.2) is 73.3 Å². The van der Waals surface area contributed by atoms with Gasteiger partial charge in [-0.05, 0) is 62.9 Å². The number of nitrogens with one attached hydrogen (secondary N) is 1. The molecular formula is C18H25IN4O3. The van der Waals surface area contributed by atoms with Gasteiger partial charge in [0.15, 0.2) is 0 Å². The highest BCUT2D eigenvalue weighted by molar-refractivity contribution is 14.1. The van der Waals surface area contributed by atoms with Crippen LogP contribution in [0.4, 0.5) is 5.69 Å². The SMILES string of the molecule is CN(C)CCNc1cc2c(cc1I)c(=O)c(C(=O)O)cn2CCN(C)C. The first-order chi connectivity index (χ1) is 12.2. The molecule has 0 saturated carbocycles. The number of aromatic nitrogens is 1. The van der Waals surface area contributed by atoms with Crippen LogP contribution in [0.15, 0.2) is 23.1 Å². The molecule has 26 heavy (non-hydrogen) atoms. The molecule has 1 aromatic carbocycles. The van der Waals surface area contributed by atoms with Gasteiger partial charge in [-0.25, -0.2) is 4.79 Å². The van der Waals surface area contributed by atoms with Gasteiger partial charge in [-0.15, -0.1) is 0 Å². The molecule has 0 bridgehead atoms. The highest BCUT2D eigenvalue weighted by Gasteiger charge is 2.16. The summed E-state index contributed by atoms with van der Waals surface area (Å²) in [5.74, 6) is -1.20. The Balaban J connectivity index is 2.55. The van der Waals surface area contributed by atoms with Crippen molar-refractivity contribution in [3.63, 3.8) is 0 Å². The second-order valence-corrected chi connectivity index (χ2v) is 7.92. The van der Waals surface area contributed by atoms with E-state index in [4.69, 9.17) is 0 Å². The van der Waals surface area contributed by atoms with E-state index in [0.717, 1.165) is 34.4 Å². The van der Waals surface area contributed by atoms with Crippen LogP contribution in [0.1, 0.15) is 10.4 Å². The second kappa shape index (κ2) is 8.83. The minimum absolute atomic E-state index is 0.194. The number of hydrogen-bond donors (Lipinski definition) is 2. The molecule has 0 amide bonds. The Bertz CT molecular complexity index is 862. The van der Waals surface area contributed by atoms with E-state index in [1.807, 2.05) is 43.7 Å². The van der Waals surface area contributed by atoms with Gasteiger partial charge in [0.25, 0.3) is 0 Å². The van der Waals surface area contributed by atoms with Crippen molar-refractivity contribution in [1.82, 2.24) is 14.4 Å². The normalized spacial score (nSPS) is 11.5. The van der Waals surface area contributed by atoms with E-state index in [1.54, 1.807) is 6.07 Å². The summed E-state index contributed by atoms with van der Waals surface area (Å²) in [6, 6.07) is 3.71. The molecule has 0 aliphatic carbocycles. The van der Waals surface area contributed by atoms with Gasteiger partial charge < -0.3 is 24.8 Å². The second-order valence-electron chi connectivity index (χ2n) is 6.75. The maximum Gasteiger partial charge on any atom is 0.341 e. The van der Waals surface area contributed by atoms with Crippen LogP contribution in [0.5, 0.6) is 0 Å². The molecule has 7 nitrogen and oxygen atoms in total. The highest BCUT2D eigenvalue weighted by Crippen LogP contribution is 2.24. The van der Waals surface area contributed by atoms with Gasteiger partial charge in [0.05, 0.1) is 5.52 Å². The maximum atomic E-state index is 12.6. The van der Waals surface area contributed by atoms with Gasteiger partial charge in [-0.2, -0.15) is 0 Å². The van der Waals surface area contributed by atoms with Crippen LogP contribution in [0.25, 0.3) is 10.9 Å². The average Bonchev–Trinajstić information content (AvgIpc) is 2.54. The van der Waals surface area contributed by atoms with E-state index < -0.39 is 11.4 Å². The monoisotopic (exact) mass is 472 g/mol. The predicted molar refractivity (Wildman–Crippen MR) is 113 cm³/mol. The van der Waals surface area contributed by atoms with Gasteiger partial charge in [0.2, 0.25) is 5.43 Å². The minimum Gasteiger partial charge on any atom is -0.477 e. The lowest BCUT2D eigenvalue weighted by molar-refractivity contribution is 0.0695. The molecule has 2 aromatic rings. The summed E-state index contributed by atoms with van der Waals surface area (Å²) in [4.78, 5) is 28.2. The molecule has 2 N–H and O–H groups in total. The third kappa shape index (κ3) is 4.95. The van der Waals surface area contributed by atoms with E-state index in [1.165, 1.54) is 6.20 Å². The number of rotatable bonds is 8. The number of carboxylic acids is 1. The van der Waals surface area contributed by atoms with E-state index in [2.05, 4.69) is 32.8 Å². The zero-order valence-corrected chi connectivity index (χ0v) is 17.7. The fourth-order valence-corrected chi connectivity index (χ4v) is 3.26. The Morgan fingerprint density at radius 1 is 1.19 bits per heavy atom. The summed E-state index contributed by atoms with van der Waals surface area (Å²) < 4.78 is 2.75. The fraction of sp³-hybridized carbons (Fsp3) is 0.444. The standard InChI is InChI=1S/C18H25IN4O3/c1-21(2)6-5-20-15-10-16-12(9-14(15)19)17(24)13(18(25)26)11-23(16)8-7-22(3)4/h9-11,20H,5-8H2,1-4H3,(H,25,26). The van der Waals surface area contributed by atoms with E-state index in [-0.39, 0.29) is 5.56 Å². The summed E-state index contributed by atoms with van der Waals surface area (Å²) in [6.45, 7) is 3.01. The number of carboxylic acid groups (broad SMARTS) is 1. The first-order valence-corrected chi connectivity index (χ1v) is 9.42. The molecule has 0 fully saturated rings. The van der Waals surface area contributed by atoms with Crippen LogP contribution < -0.4 is 10.7 Å². The van der Waals surface area contributed by atoms with Crippen LogP contribution in [0.2, 0.25) is 0 Å². The molecule has 0 aliphatic heterocycles. The van der Waals surface area contributed by atoms with Crippen molar-refractivity contribution in [2.45, 2.75) is 6.54 Å². The van der Waals surface area contributed by atoms with Gasteiger partial charge in [0, 0.05) is 47.0 Å². The number of anilines is 1. The molecule has 0 radical (unpaired) electrons.